The molecule has 1 atom stereocenters. The van der Waals surface area contributed by atoms with Gasteiger partial charge in [-0.25, -0.2) is 4.79 Å². The standard InChI is InChI=1S/C19H23N3O4/c1-2-6-16(17(20)23)21-18(24)15-9-11-22(12-10-15)19(25)26-13-14-7-4-3-5-8-14/h1,3-5,7-8,15-16H,6,9-13H2,(H2,20,23)(H,21,24)/t16-/m1/s1. The molecule has 26 heavy (non-hydrogen) atoms. The van der Waals surface area contributed by atoms with Crippen LogP contribution in [0.15, 0.2) is 30.3 Å². The maximum atomic E-state index is 12.3. The molecular weight excluding hydrogens is 334 g/mol. The van der Waals surface area contributed by atoms with E-state index in [1.54, 1.807) is 4.90 Å². The van der Waals surface area contributed by atoms with E-state index in [0.29, 0.717) is 25.9 Å². The van der Waals surface area contributed by atoms with Gasteiger partial charge in [-0.1, -0.05) is 30.3 Å². The van der Waals surface area contributed by atoms with Crippen molar-refractivity contribution in [3.05, 3.63) is 35.9 Å². The van der Waals surface area contributed by atoms with E-state index in [-0.39, 0.29) is 24.9 Å². The third-order valence-corrected chi connectivity index (χ3v) is 4.31. The lowest BCUT2D eigenvalue weighted by Crippen LogP contribution is -2.49. The highest BCUT2D eigenvalue weighted by molar-refractivity contribution is 5.87. The molecule has 0 aromatic heterocycles. The quantitative estimate of drug-likeness (QED) is 0.742. The van der Waals surface area contributed by atoms with Gasteiger partial charge >= 0.3 is 6.09 Å². The second-order valence-corrected chi connectivity index (χ2v) is 6.17. The predicted molar refractivity (Wildman–Crippen MR) is 95.5 cm³/mol. The minimum absolute atomic E-state index is 0.0612. The van der Waals surface area contributed by atoms with Crippen LogP contribution in [0, 0.1) is 18.3 Å². The van der Waals surface area contributed by atoms with Crippen LogP contribution in [0.5, 0.6) is 0 Å². The molecule has 3 N–H and O–H groups in total. The Morgan fingerprint density at radius 2 is 1.92 bits per heavy atom. The Labute approximate surface area is 152 Å². The number of benzene rings is 1. The Kier molecular flexibility index (Phi) is 7.03. The van der Waals surface area contributed by atoms with Gasteiger partial charge in [0.25, 0.3) is 0 Å². The lowest BCUT2D eigenvalue weighted by Gasteiger charge is -2.31. The first kappa shape index (κ1) is 19.3. The van der Waals surface area contributed by atoms with Gasteiger partial charge in [0.15, 0.2) is 0 Å². The Bertz CT molecular complexity index is 676. The molecule has 0 aliphatic carbocycles. The fourth-order valence-electron chi connectivity index (χ4n) is 2.77. The minimum atomic E-state index is -0.860. The number of nitrogens with zero attached hydrogens (tertiary/aromatic N) is 1. The average Bonchev–Trinajstić information content (AvgIpc) is 2.66. The lowest BCUT2D eigenvalue weighted by atomic mass is 9.95. The number of hydrogen-bond donors (Lipinski definition) is 2. The number of hydrogen-bond acceptors (Lipinski definition) is 4. The minimum Gasteiger partial charge on any atom is -0.445 e. The van der Waals surface area contributed by atoms with Crippen LogP contribution in [-0.4, -0.2) is 41.9 Å². The summed E-state index contributed by atoms with van der Waals surface area (Å²) < 4.78 is 5.29. The average molecular weight is 357 g/mol. The maximum Gasteiger partial charge on any atom is 0.410 e. The van der Waals surface area contributed by atoms with Crippen molar-refractivity contribution in [1.29, 1.82) is 0 Å². The number of rotatable bonds is 6. The molecule has 0 saturated carbocycles. The second kappa shape index (κ2) is 9.47. The summed E-state index contributed by atoms with van der Waals surface area (Å²) in [6.07, 6.45) is 5.83. The number of nitrogens with two attached hydrogens (primary N) is 1. The van der Waals surface area contributed by atoms with Crippen molar-refractivity contribution in [3.8, 4) is 12.3 Å². The molecular formula is C19H23N3O4. The van der Waals surface area contributed by atoms with Crippen molar-refractivity contribution < 1.29 is 19.1 Å². The van der Waals surface area contributed by atoms with E-state index in [9.17, 15) is 14.4 Å². The molecule has 7 heteroatoms. The molecule has 2 rings (SSSR count). The zero-order chi connectivity index (χ0) is 18.9. The largest absolute Gasteiger partial charge is 0.445 e. The van der Waals surface area contributed by atoms with E-state index >= 15 is 0 Å². The molecule has 1 aliphatic rings. The summed E-state index contributed by atoms with van der Waals surface area (Å²) in [6, 6.07) is 8.57. The molecule has 7 nitrogen and oxygen atoms in total. The molecule has 1 aromatic rings. The number of likely N-dealkylation sites (tertiary alicyclic amines) is 1. The number of carbonyl (C=O) groups is 3. The number of amides is 3. The van der Waals surface area contributed by atoms with E-state index in [0.717, 1.165) is 5.56 Å². The lowest BCUT2D eigenvalue weighted by molar-refractivity contribution is -0.130. The topological polar surface area (TPSA) is 102 Å². The first-order chi connectivity index (χ1) is 12.5. The molecule has 1 aliphatic heterocycles. The zero-order valence-electron chi connectivity index (χ0n) is 14.5. The van der Waals surface area contributed by atoms with Crippen LogP contribution in [0.4, 0.5) is 4.79 Å². The summed E-state index contributed by atoms with van der Waals surface area (Å²) in [4.78, 5) is 37.2. The summed E-state index contributed by atoms with van der Waals surface area (Å²) in [7, 11) is 0. The van der Waals surface area contributed by atoms with Crippen molar-refractivity contribution in [3.63, 3.8) is 0 Å². The van der Waals surface area contributed by atoms with Gasteiger partial charge in [-0.05, 0) is 18.4 Å². The molecule has 1 heterocycles. The van der Waals surface area contributed by atoms with Crippen molar-refractivity contribution in [1.82, 2.24) is 10.2 Å². The molecule has 1 aromatic carbocycles. The van der Waals surface area contributed by atoms with E-state index in [1.165, 1.54) is 0 Å². The number of primary amides is 1. The van der Waals surface area contributed by atoms with Gasteiger partial charge in [0.2, 0.25) is 11.8 Å². The van der Waals surface area contributed by atoms with Gasteiger partial charge < -0.3 is 20.7 Å². The second-order valence-electron chi connectivity index (χ2n) is 6.17. The summed E-state index contributed by atoms with van der Waals surface area (Å²) in [6.45, 7) is 1.05. The summed E-state index contributed by atoms with van der Waals surface area (Å²) >= 11 is 0. The highest BCUT2D eigenvalue weighted by atomic mass is 16.6. The molecule has 1 saturated heterocycles. The first-order valence-electron chi connectivity index (χ1n) is 8.50. The first-order valence-corrected chi connectivity index (χ1v) is 8.50. The molecule has 3 amide bonds. The highest BCUT2D eigenvalue weighted by Gasteiger charge is 2.29. The van der Waals surface area contributed by atoms with Crippen LogP contribution >= 0.6 is 0 Å². The van der Waals surface area contributed by atoms with E-state index in [1.807, 2.05) is 30.3 Å². The van der Waals surface area contributed by atoms with E-state index in [4.69, 9.17) is 16.9 Å². The van der Waals surface area contributed by atoms with Crippen LogP contribution in [0.2, 0.25) is 0 Å². The smallest absolute Gasteiger partial charge is 0.410 e. The van der Waals surface area contributed by atoms with Crippen molar-refractivity contribution in [2.75, 3.05) is 13.1 Å². The molecule has 0 spiro atoms. The van der Waals surface area contributed by atoms with Gasteiger partial charge in [0.1, 0.15) is 12.6 Å². The molecule has 0 radical (unpaired) electrons. The number of piperidine rings is 1. The SMILES string of the molecule is C#CC[C@@H](NC(=O)C1CCN(C(=O)OCc2ccccc2)CC1)C(N)=O. The Morgan fingerprint density at radius 3 is 2.50 bits per heavy atom. The highest BCUT2D eigenvalue weighted by Crippen LogP contribution is 2.18. The van der Waals surface area contributed by atoms with Crippen molar-refractivity contribution in [2.45, 2.75) is 31.9 Å². The zero-order valence-corrected chi connectivity index (χ0v) is 14.5. The van der Waals surface area contributed by atoms with Crippen LogP contribution in [0.1, 0.15) is 24.8 Å². The van der Waals surface area contributed by atoms with E-state index in [2.05, 4.69) is 11.2 Å². The van der Waals surface area contributed by atoms with Crippen molar-refractivity contribution in [2.24, 2.45) is 11.7 Å². The normalized spacial score (nSPS) is 15.6. The Balaban J connectivity index is 1.77. The van der Waals surface area contributed by atoms with Crippen LogP contribution in [-0.2, 0) is 20.9 Å². The summed E-state index contributed by atoms with van der Waals surface area (Å²) in [5, 5.41) is 2.59. The van der Waals surface area contributed by atoms with Gasteiger partial charge in [0, 0.05) is 25.4 Å². The molecule has 0 unspecified atom stereocenters. The molecule has 0 bridgehead atoms. The number of nitrogens with one attached hydrogen (secondary N) is 1. The Hall–Kier alpha value is -3.01. The third kappa shape index (κ3) is 5.52. The molecule has 138 valence electrons. The van der Waals surface area contributed by atoms with Gasteiger partial charge in [-0.15, -0.1) is 12.3 Å². The van der Waals surface area contributed by atoms with E-state index < -0.39 is 18.0 Å². The summed E-state index contributed by atoms with van der Waals surface area (Å²) in [5.74, 6) is 1.12. The fourth-order valence-corrected chi connectivity index (χ4v) is 2.77. The maximum absolute atomic E-state index is 12.3. The number of ether oxygens (including phenoxy) is 1. The van der Waals surface area contributed by atoms with Crippen molar-refractivity contribution >= 4 is 17.9 Å². The van der Waals surface area contributed by atoms with Crippen LogP contribution in [0.25, 0.3) is 0 Å². The monoisotopic (exact) mass is 357 g/mol. The fraction of sp³-hybridized carbons (Fsp3) is 0.421. The van der Waals surface area contributed by atoms with Gasteiger partial charge in [0.05, 0.1) is 0 Å². The molecule has 1 fully saturated rings. The number of carbonyl (C=O) groups excluding carboxylic acids is 3. The number of terminal acetylenes is 1. The van der Waals surface area contributed by atoms with Gasteiger partial charge in [-0.3, -0.25) is 9.59 Å². The third-order valence-electron chi connectivity index (χ3n) is 4.31. The van der Waals surface area contributed by atoms with Gasteiger partial charge in [-0.2, -0.15) is 0 Å². The van der Waals surface area contributed by atoms with Crippen LogP contribution < -0.4 is 11.1 Å². The predicted octanol–water partition coefficient (Wildman–Crippen LogP) is 1.03. The summed E-state index contributed by atoms with van der Waals surface area (Å²) in [5.41, 5.74) is 6.14. The van der Waals surface area contributed by atoms with Crippen LogP contribution in [0.3, 0.4) is 0 Å². The Morgan fingerprint density at radius 1 is 1.27 bits per heavy atom.